The Hall–Kier alpha value is -1.67. The predicted octanol–water partition coefficient (Wildman–Crippen LogP) is 6.72. The SMILES string of the molecule is Oc1c(Cc2ccccc2)cc(Cc2ccccc2)cc1Pc1ccccc1F.[Cl][Ti][Cl]. The Kier molecular flexibility index (Phi) is 10.3. The average Bonchev–Trinajstić information content (AvgIpc) is 2.80. The molecular weight excluding hydrogens is 497 g/mol. The molecule has 0 amide bonds. The van der Waals surface area contributed by atoms with Gasteiger partial charge in [0.2, 0.25) is 0 Å². The van der Waals surface area contributed by atoms with Crippen LogP contribution in [0.4, 0.5) is 4.39 Å². The maximum atomic E-state index is 14.2. The van der Waals surface area contributed by atoms with E-state index in [0.29, 0.717) is 11.7 Å². The number of hydrogen-bond acceptors (Lipinski definition) is 1. The third kappa shape index (κ3) is 7.44. The molecule has 0 saturated carbocycles. The van der Waals surface area contributed by atoms with Gasteiger partial charge in [0.15, 0.2) is 0 Å². The Morgan fingerprint density at radius 1 is 0.688 bits per heavy atom. The number of halogens is 3. The fraction of sp³-hybridized carbons (Fsp3) is 0.0769. The maximum absolute atomic E-state index is 14.2. The summed E-state index contributed by atoms with van der Waals surface area (Å²) in [5.74, 6) is 0.0376. The van der Waals surface area contributed by atoms with Crippen molar-refractivity contribution in [1.82, 2.24) is 0 Å². The standard InChI is InChI=1S/C26H22FOP.2ClH.Ti/c27-23-13-7-8-14-24(23)29-25-18-21(15-19-9-3-1-4-10-19)17-22(26(25)28)16-20-11-5-2-6-12-20;;;/h1-14,17-18,28-29H,15-16H2;2*1H;/q;;;+2/p-2. The number of phenolic OH excluding ortho intramolecular Hbond substituents is 1. The summed E-state index contributed by atoms with van der Waals surface area (Å²) in [6, 6.07) is 31.2. The van der Waals surface area contributed by atoms with Crippen LogP contribution in [0.2, 0.25) is 0 Å². The summed E-state index contributed by atoms with van der Waals surface area (Å²) in [6.07, 6.45) is 1.42. The molecule has 6 heteroatoms. The summed E-state index contributed by atoms with van der Waals surface area (Å²) in [5.41, 5.74) is 4.35. The van der Waals surface area contributed by atoms with Gasteiger partial charge >= 0.3 is 35.6 Å². The molecule has 32 heavy (non-hydrogen) atoms. The van der Waals surface area contributed by atoms with E-state index < -0.39 is 17.0 Å². The van der Waals surface area contributed by atoms with Crippen molar-refractivity contribution in [3.8, 4) is 5.75 Å². The van der Waals surface area contributed by atoms with E-state index in [9.17, 15) is 9.50 Å². The monoisotopic (exact) mass is 518 g/mol. The fourth-order valence-electron chi connectivity index (χ4n) is 3.45. The zero-order valence-electron chi connectivity index (χ0n) is 17.2. The number of rotatable bonds is 6. The van der Waals surface area contributed by atoms with Crippen molar-refractivity contribution >= 4 is 37.8 Å². The minimum absolute atomic E-state index is 0.0636. The molecule has 0 aliphatic carbocycles. The van der Waals surface area contributed by atoms with Crippen molar-refractivity contribution in [3.05, 3.63) is 125 Å². The van der Waals surface area contributed by atoms with Crippen LogP contribution in [0.15, 0.2) is 97.1 Å². The summed E-state index contributed by atoms with van der Waals surface area (Å²) in [6.45, 7) is 0. The topological polar surface area (TPSA) is 20.2 Å². The molecule has 0 bridgehead atoms. The van der Waals surface area contributed by atoms with E-state index in [4.69, 9.17) is 18.6 Å². The van der Waals surface area contributed by atoms with Gasteiger partial charge in [-0.3, -0.25) is 0 Å². The molecule has 0 aliphatic heterocycles. The normalized spacial score (nSPS) is 10.6. The van der Waals surface area contributed by atoms with E-state index >= 15 is 0 Å². The molecule has 0 radical (unpaired) electrons. The Labute approximate surface area is 207 Å². The Morgan fingerprint density at radius 3 is 1.81 bits per heavy atom. The Morgan fingerprint density at radius 2 is 1.22 bits per heavy atom. The van der Waals surface area contributed by atoms with Crippen molar-refractivity contribution in [3.63, 3.8) is 0 Å². The van der Waals surface area contributed by atoms with Gasteiger partial charge in [0.1, 0.15) is 11.6 Å². The van der Waals surface area contributed by atoms with Gasteiger partial charge in [0.05, 0.1) is 0 Å². The summed E-state index contributed by atoms with van der Waals surface area (Å²) in [4.78, 5) is 0. The van der Waals surface area contributed by atoms with Gasteiger partial charge in [0.25, 0.3) is 0 Å². The first-order valence-corrected chi connectivity index (χ1v) is 15.3. The van der Waals surface area contributed by atoms with Crippen LogP contribution in [0.3, 0.4) is 0 Å². The second kappa shape index (κ2) is 13.1. The van der Waals surface area contributed by atoms with Crippen LogP contribution in [0.5, 0.6) is 5.75 Å². The van der Waals surface area contributed by atoms with Crippen LogP contribution < -0.4 is 10.6 Å². The average molecular weight is 519 g/mol. The molecule has 162 valence electrons. The molecule has 0 spiro atoms. The van der Waals surface area contributed by atoms with Crippen LogP contribution in [-0.2, 0) is 29.9 Å². The molecule has 0 aliphatic rings. The van der Waals surface area contributed by atoms with E-state index in [-0.39, 0.29) is 20.1 Å². The van der Waals surface area contributed by atoms with Crippen molar-refractivity contribution < 1.29 is 26.5 Å². The van der Waals surface area contributed by atoms with E-state index in [1.165, 1.54) is 11.6 Å². The zero-order valence-corrected chi connectivity index (χ0v) is 21.3. The summed E-state index contributed by atoms with van der Waals surface area (Å²) in [5, 5.41) is 12.4. The van der Waals surface area contributed by atoms with Gasteiger partial charge in [-0.15, -0.1) is 0 Å². The van der Waals surface area contributed by atoms with E-state index in [1.54, 1.807) is 12.1 Å². The molecule has 4 rings (SSSR count). The Balaban J connectivity index is 0.000000913. The summed E-state index contributed by atoms with van der Waals surface area (Å²) < 4.78 is 14.2. The van der Waals surface area contributed by atoms with Crippen LogP contribution >= 0.6 is 27.2 Å². The first-order chi connectivity index (χ1) is 15.6. The number of phenols is 1. The molecular formula is C26H22Cl2FOPTi. The second-order valence-electron chi connectivity index (χ2n) is 7.15. The molecule has 1 atom stereocenters. The van der Waals surface area contributed by atoms with Crippen molar-refractivity contribution in [2.45, 2.75) is 12.8 Å². The predicted molar refractivity (Wildman–Crippen MR) is 132 cm³/mol. The van der Waals surface area contributed by atoms with Crippen molar-refractivity contribution in [2.75, 3.05) is 0 Å². The number of hydrogen-bond donors (Lipinski definition) is 1. The van der Waals surface area contributed by atoms with Crippen LogP contribution in [-0.4, -0.2) is 5.11 Å². The van der Waals surface area contributed by atoms with Crippen molar-refractivity contribution in [2.24, 2.45) is 0 Å². The third-order valence-electron chi connectivity index (χ3n) is 4.88. The van der Waals surface area contributed by atoms with Crippen LogP contribution in [0.25, 0.3) is 0 Å². The number of benzene rings is 4. The van der Waals surface area contributed by atoms with Gasteiger partial charge in [-0.2, -0.15) is 0 Å². The molecule has 1 N–H and O–H groups in total. The van der Waals surface area contributed by atoms with Gasteiger partial charge < -0.3 is 5.11 Å². The van der Waals surface area contributed by atoms with Gasteiger partial charge in [-0.05, 0) is 40.8 Å². The Bertz CT molecular complexity index is 1130. The first kappa shape index (κ1) is 25.0. The fourth-order valence-corrected chi connectivity index (χ4v) is 4.66. The molecule has 0 fully saturated rings. The third-order valence-corrected chi connectivity index (χ3v) is 6.21. The molecule has 4 aromatic carbocycles. The van der Waals surface area contributed by atoms with Crippen molar-refractivity contribution in [1.29, 1.82) is 0 Å². The van der Waals surface area contributed by atoms with Gasteiger partial charge in [-0.25, -0.2) is 4.39 Å². The second-order valence-corrected chi connectivity index (χ2v) is 11.1. The summed E-state index contributed by atoms with van der Waals surface area (Å²) in [7, 11) is 9.84. The first-order valence-electron chi connectivity index (χ1n) is 10.0. The molecule has 0 saturated heterocycles. The molecule has 0 heterocycles. The molecule has 1 nitrogen and oxygen atoms in total. The van der Waals surface area contributed by atoms with Gasteiger partial charge in [-0.1, -0.05) is 93.5 Å². The van der Waals surface area contributed by atoms with Gasteiger partial charge in [0, 0.05) is 17.0 Å². The molecule has 4 aromatic rings. The van der Waals surface area contributed by atoms with E-state index in [0.717, 1.165) is 28.4 Å². The quantitative estimate of drug-likeness (QED) is 0.222. The van der Waals surface area contributed by atoms with E-state index in [2.05, 4.69) is 30.3 Å². The van der Waals surface area contributed by atoms with E-state index in [1.807, 2.05) is 48.5 Å². The van der Waals surface area contributed by atoms with Crippen LogP contribution in [0, 0.1) is 5.82 Å². The molecule has 0 aromatic heterocycles. The zero-order chi connectivity index (χ0) is 22.8. The summed E-state index contributed by atoms with van der Waals surface area (Å²) >= 11 is -0.556. The minimum atomic E-state index is -0.556. The number of aromatic hydroxyl groups is 1. The van der Waals surface area contributed by atoms with Crippen LogP contribution in [0.1, 0.15) is 22.3 Å². The molecule has 1 unspecified atom stereocenters.